The summed E-state index contributed by atoms with van der Waals surface area (Å²) < 4.78 is 4.82. The van der Waals surface area contributed by atoms with E-state index in [1.54, 1.807) is 13.0 Å². The molecule has 0 bridgehead atoms. The summed E-state index contributed by atoms with van der Waals surface area (Å²) >= 11 is 0. The lowest BCUT2D eigenvalue weighted by atomic mass is 10.0. The third kappa shape index (κ3) is 2.05. The van der Waals surface area contributed by atoms with Gasteiger partial charge in [0.05, 0.1) is 6.61 Å². The van der Waals surface area contributed by atoms with Gasteiger partial charge in [-0.1, -0.05) is 0 Å². The highest BCUT2D eigenvalue weighted by molar-refractivity contribution is 5.80. The van der Waals surface area contributed by atoms with Gasteiger partial charge in [0.15, 0.2) is 11.4 Å². The molecule has 0 fully saturated rings. The molecular formula is C9H13N3O2. The SMILES string of the molecule is CCOC(=O)C(C)(N)c1ncccn1. The second-order valence-corrected chi connectivity index (χ2v) is 3.00. The molecule has 1 unspecified atom stereocenters. The van der Waals surface area contributed by atoms with Crippen LogP contribution < -0.4 is 5.73 Å². The predicted octanol–water partition coefficient (Wildman–Crippen LogP) is 0.214. The molecule has 1 aromatic rings. The molecule has 0 aliphatic heterocycles. The summed E-state index contributed by atoms with van der Waals surface area (Å²) in [5, 5.41) is 0. The molecule has 0 saturated heterocycles. The molecular weight excluding hydrogens is 182 g/mol. The fourth-order valence-corrected chi connectivity index (χ4v) is 0.940. The quantitative estimate of drug-likeness (QED) is 0.698. The Kier molecular flexibility index (Phi) is 3.14. The van der Waals surface area contributed by atoms with Gasteiger partial charge in [-0.2, -0.15) is 0 Å². The van der Waals surface area contributed by atoms with Gasteiger partial charge < -0.3 is 10.5 Å². The summed E-state index contributed by atoms with van der Waals surface area (Å²) in [6, 6.07) is 1.66. The van der Waals surface area contributed by atoms with Crippen LogP contribution in [0.15, 0.2) is 18.5 Å². The first-order valence-electron chi connectivity index (χ1n) is 4.32. The maximum absolute atomic E-state index is 11.4. The highest BCUT2D eigenvalue weighted by atomic mass is 16.5. The van der Waals surface area contributed by atoms with Crippen molar-refractivity contribution in [1.29, 1.82) is 0 Å². The maximum atomic E-state index is 11.4. The fraction of sp³-hybridized carbons (Fsp3) is 0.444. The first-order chi connectivity index (χ1) is 6.59. The van der Waals surface area contributed by atoms with E-state index in [4.69, 9.17) is 10.5 Å². The van der Waals surface area contributed by atoms with Crippen LogP contribution in [0, 0.1) is 0 Å². The van der Waals surface area contributed by atoms with Crippen molar-refractivity contribution in [3.8, 4) is 0 Å². The zero-order valence-electron chi connectivity index (χ0n) is 8.23. The van der Waals surface area contributed by atoms with E-state index in [-0.39, 0.29) is 5.82 Å². The van der Waals surface area contributed by atoms with Gasteiger partial charge in [-0.05, 0) is 19.9 Å². The standard InChI is InChI=1S/C9H13N3O2/c1-3-14-8(13)9(2,10)7-11-5-4-6-12-7/h4-6H,3,10H2,1-2H3. The average molecular weight is 195 g/mol. The minimum absolute atomic E-state index is 0.262. The number of aromatic nitrogens is 2. The van der Waals surface area contributed by atoms with Gasteiger partial charge in [-0.3, -0.25) is 0 Å². The van der Waals surface area contributed by atoms with Crippen LogP contribution >= 0.6 is 0 Å². The molecule has 0 radical (unpaired) electrons. The van der Waals surface area contributed by atoms with Crippen molar-refractivity contribution >= 4 is 5.97 Å². The van der Waals surface area contributed by atoms with Crippen LogP contribution in [0.4, 0.5) is 0 Å². The molecule has 0 aliphatic rings. The Morgan fingerprint density at radius 2 is 2.14 bits per heavy atom. The van der Waals surface area contributed by atoms with Gasteiger partial charge in [0.25, 0.3) is 0 Å². The lowest BCUT2D eigenvalue weighted by Crippen LogP contribution is -2.44. The second kappa shape index (κ2) is 4.15. The van der Waals surface area contributed by atoms with Crippen LogP contribution in [-0.2, 0) is 15.1 Å². The smallest absolute Gasteiger partial charge is 0.333 e. The Balaban J connectivity index is 2.90. The molecule has 1 aromatic heterocycles. The van der Waals surface area contributed by atoms with Crippen LogP contribution in [0.3, 0.4) is 0 Å². The Labute approximate surface area is 82.3 Å². The molecule has 0 saturated carbocycles. The van der Waals surface area contributed by atoms with Crippen LogP contribution in [-0.4, -0.2) is 22.5 Å². The molecule has 1 rings (SSSR count). The van der Waals surface area contributed by atoms with Crippen LogP contribution in [0.1, 0.15) is 19.7 Å². The van der Waals surface area contributed by atoms with E-state index in [0.717, 1.165) is 0 Å². The Morgan fingerprint density at radius 1 is 1.57 bits per heavy atom. The van der Waals surface area contributed by atoms with E-state index in [0.29, 0.717) is 6.61 Å². The van der Waals surface area contributed by atoms with E-state index in [1.807, 2.05) is 0 Å². The molecule has 5 nitrogen and oxygen atoms in total. The Bertz CT molecular complexity index is 311. The van der Waals surface area contributed by atoms with E-state index < -0.39 is 11.5 Å². The van der Waals surface area contributed by atoms with E-state index in [2.05, 4.69) is 9.97 Å². The third-order valence-corrected chi connectivity index (χ3v) is 1.73. The molecule has 0 aliphatic carbocycles. The fourth-order valence-electron chi connectivity index (χ4n) is 0.940. The molecule has 1 atom stereocenters. The minimum Gasteiger partial charge on any atom is -0.464 e. The van der Waals surface area contributed by atoms with Gasteiger partial charge >= 0.3 is 5.97 Å². The topological polar surface area (TPSA) is 78.1 Å². The number of rotatable bonds is 3. The average Bonchev–Trinajstić information content (AvgIpc) is 2.19. The zero-order chi connectivity index (χ0) is 10.6. The van der Waals surface area contributed by atoms with Gasteiger partial charge in [-0.25, -0.2) is 14.8 Å². The highest BCUT2D eigenvalue weighted by Crippen LogP contribution is 2.13. The van der Waals surface area contributed by atoms with Crippen LogP contribution in [0.25, 0.3) is 0 Å². The highest BCUT2D eigenvalue weighted by Gasteiger charge is 2.34. The number of esters is 1. The van der Waals surface area contributed by atoms with Crippen molar-refractivity contribution in [2.24, 2.45) is 5.73 Å². The number of carbonyl (C=O) groups excluding carboxylic acids is 1. The maximum Gasteiger partial charge on any atom is 0.333 e. The lowest BCUT2D eigenvalue weighted by Gasteiger charge is -2.19. The van der Waals surface area contributed by atoms with E-state index in [1.165, 1.54) is 19.3 Å². The van der Waals surface area contributed by atoms with E-state index in [9.17, 15) is 4.79 Å². The summed E-state index contributed by atoms with van der Waals surface area (Å²) in [6.07, 6.45) is 3.07. The summed E-state index contributed by atoms with van der Waals surface area (Å²) in [7, 11) is 0. The van der Waals surface area contributed by atoms with Crippen molar-refractivity contribution < 1.29 is 9.53 Å². The molecule has 2 N–H and O–H groups in total. The first-order valence-corrected chi connectivity index (χ1v) is 4.32. The molecule has 0 aromatic carbocycles. The minimum atomic E-state index is -1.28. The molecule has 76 valence electrons. The number of nitrogens with zero attached hydrogens (tertiary/aromatic N) is 2. The third-order valence-electron chi connectivity index (χ3n) is 1.73. The Morgan fingerprint density at radius 3 is 2.64 bits per heavy atom. The van der Waals surface area contributed by atoms with Crippen LogP contribution in [0.5, 0.6) is 0 Å². The monoisotopic (exact) mass is 195 g/mol. The summed E-state index contributed by atoms with van der Waals surface area (Å²) in [6.45, 7) is 3.54. The number of hydrogen-bond acceptors (Lipinski definition) is 5. The van der Waals surface area contributed by atoms with Gasteiger partial charge in [-0.15, -0.1) is 0 Å². The second-order valence-electron chi connectivity index (χ2n) is 3.00. The Hall–Kier alpha value is -1.49. The molecule has 5 heteroatoms. The summed E-state index contributed by atoms with van der Waals surface area (Å²) in [5.41, 5.74) is 4.49. The number of ether oxygens (including phenoxy) is 1. The molecule has 1 heterocycles. The van der Waals surface area contributed by atoms with Gasteiger partial charge in [0.2, 0.25) is 0 Å². The van der Waals surface area contributed by atoms with Gasteiger partial charge in [0, 0.05) is 12.4 Å². The summed E-state index contributed by atoms with van der Waals surface area (Å²) in [4.78, 5) is 19.3. The normalized spacial score (nSPS) is 14.5. The van der Waals surface area contributed by atoms with Crippen molar-refractivity contribution in [1.82, 2.24) is 9.97 Å². The zero-order valence-corrected chi connectivity index (χ0v) is 8.23. The summed E-state index contributed by atoms with van der Waals surface area (Å²) in [5.74, 6) is -0.260. The number of hydrogen-bond donors (Lipinski definition) is 1. The predicted molar refractivity (Wildman–Crippen MR) is 50.2 cm³/mol. The largest absolute Gasteiger partial charge is 0.464 e. The van der Waals surface area contributed by atoms with E-state index >= 15 is 0 Å². The molecule has 0 spiro atoms. The number of carbonyl (C=O) groups is 1. The van der Waals surface area contributed by atoms with Crippen molar-refractivity contribution in [3.63, 3.8) is 0 Å². The lowest BCUT2D eigenvalue weighted by molar-refractivity contribution is -0.149. The molecule has 14 heavy (non-hydrogen) atoms. The number of nitrogens with two attached hydrogens (primary N) is 1. The van der Waals surface area contributed by atoms with Gasteiger partial charge in [0.1, 0.15) is 0 Å². The van der Waals surface area contributed by atoms with Crippen molar-refractivity contribution in [2.75, 3.05) is 6.61 Å². The van der Waals surface area contributed by atoms with Crippen molar-refractivity contribution in [3.05, 3.63) is 24.3 Å². The first kappa shape index (κ1) is 10.6. The molecule has 0 amide bonds. The van der Waals surface area contributed by atoms with Crippen LogP contribution in [0.2, 0.25) is 0 Å². The van der Waals surface area contributed by atoms with Crippen molar-refractivity contribution in [2.45, 2.75) is 19.4 Å².